The molecule has 0 fully saturated rings. The summed E-state index contributed by atoms with van der Waals surface area (Å²) in [4.78, 5) is 27.3. The van der Waals surface area contributed by atoms with Crippen LogP contribution in [0.4, 0.5) is 0 Å². The molecule has 1 aliphatic heterocycles. The van der Waals surface area contributed by atoms with Crippen LogP contribution < -0.4 is 21.6 Å². The molecule has 3 heterocycles. The highest BCUT2D eigenvalue weighted by atomic mass is 35.5. The predicted octanol–water partition coefficient (Wildman–Crippen LogP) is 2.97. The third kappa shape index (κ3) is 3.24. The van der Waals surface area contributed by atoms with Gasteiger partial charge in [0, 0.05) is 49.1 Å². The van der Waals surface area contributed by atoms with Crippen LogP contribution in [-0.2, 0) is 20.6 Å². The van der Waals surface area contributed by atoms with E-state index >= 15 is 0 Å². The highest BCUT2D eigenvalue weighted by Crippen LogP contribution is 2.57. The molecule has 214 valence electrons. The molecule has 41 heavy (non-hydrogen) atoms. The third-order valence-electron chi connectivity index (χ3n) is 8.47. The fourth-order valence-corrected chi connectivity index (χ4v) is 6.75. The van der Waals surface area contributed by atoms with Crippen molar-refractivity contribution in [2.45, 2.75) is 44.2 Å². The topological polar surface area (TPSA) is 176 Å². The Morgan fingerprint density at radius 2 is 1.83 bits per heavy atom. The number of pyridine rings is 1. The highest BCUT2D eigenvalue weighted by Gasteiger charge is 2.43. The second-order valence-electron chi connectivity index (χ2n) is 10.4. The van der Waals surface area contributed by atoms with Gasteiger partial charge in [0.2, 0.25) is 5.43 Å². The number of nitrogens with two attached hydrogens (primary N) is 1. The van der Waals surface area contributed by atoms with Crippen LogP contribution in [-0.4, -0.2) is 47.1 Å². The normalized spacial score (nSPS) is 22.8. The maximum absolute atomic E-state index is 14.1. The Kier molecular flexibility index (Phi) is 5.63. The molecule has 13 heteroatoms. The Bertz CT molecular complexity index is 1950. The van der Waals surface area contributed by atoms with Crippen molar-refractivity contribution in [3.8, 4) is 28.4 Å². The number of fused-ring (bicyclic) bond motifs is 6. The van der Waals surface area contributed by atoms with Crippen molar-refractivity contribution in [3.63, 3.8) is 0 Å². The number of ether oxygens (including phenoxy) is 4. The number of phenolic OH excluding ortho intramolecular Hbond substituents is 2. The molecular weight excluding hydrogens is 560 g/mol. The summed E-state index contributed by atoms with van der Waals surface area (Å²) in [6, 6.07) is 1.66. The summed E-state index contributed by atoms with van der Waals surface area (Å²) in [5.41, 5.74) is 0.113. The lowest BCUT2D eigenvalue weighted by Gasteiger charge is -2.36. The van der Waals surface area contributed by atoms with Crippen molar-refractivity contribution in [2.75, 3.05) is 26.9 Å². The van der Waals surface area contributed by atoms with E-state index in [2.05, 4.69) is 0 Å². The first-order valence-electron chi connectivity index (χ1n) is 12.8. The molecule has 4 unspecified atom stereocenters. The molecule has 3 aliphatic rings. The van der Waals surface area contributed by atoms with Gasteiger partial charge >= 0.3 is 0 Å². The number of phenols is 2. The number of rotatable bonds is 2. The Morgan fingerprint density at radius 3 is 2.54 bits per heavy atom. The number of halogens is 1. The lowest BCUT2D eigenvalue weighted by molar-refractivity contribution is -0.0709. The summed E-state index contributed by atoms with van der Waals surface area (Å²) >= 11 is 6.54. The quantitative estimate of drug-likeness (QED) is 0.255. The minimum Gasteiger partial charge on any atom is -0.506 e. The molecule has 7 rings (SSSR count). The predicted molar refractivity (Wildman–Crippen MR) is 146 cm³/mol. The monoisotopic (exact) mass is 584 g/mol. The number of aromatic hydroxyl groups is 2. The van der Waals surface area contributed by atoms with E-state index < -0.39 is 46.9 Å². The number of nitrogen functional groups attached to an aromatic ring is 1. The first-order chi connectivity index (χ1) is 19.6. The molecule has 2 aliphatic carbocycles. The van der Waals surface area contributed by atoms with Crippen molar-refractivity contribution < 1.29 is 38.7 Å². The van der Waals surface area contributed by atoms with Gasteiger partial charge in [0.05, 0.1) is 40.0 Å². The number of hydrogen-bond acceptors (Lipinski definition) is 11. The van der Waals surface area contributed by atoms with Gasteiger partial charge in [-0.05, 0) is 18.6 Å². The largest absolute Gasteiger partial charge is 0.506 e. The number of benzene rings is 2. The average Bonchev–Trinajstić information content (AvgIpc) is 2.96. The minimum atomic E-state index is -1.02. The fourth-order valence-electron chi connectivity index (χ4n) is 6.51. The van der Waals surface area contributed by atoms with E-state index in [0.29, 0.717) is 22.2 Å². The number of aromatic nitrogens is 1. The summed E-state index contributed by atoms with van der Waals surface area (Å²) in [6.45, 7) is 1.41. The number of hydrogen-bond donors (Lipinski definition) is 4. The maximum Gasteiger partial charge on any atom is 0.280 e. The van der Waals surface area contributed by atoms with Gasteiger partial charge in [-0.2, -0.15) is 0 Å². The molecule has 4 atom stereocenters. The van der Waals surface area contributed by atoms with Crippen LogP contribution >= 0.6 is 11.6 Å². The molecule has 0 bridgehead atoms. The lowest BCUT2D eigenvalue weighted by Crippen LogP contribution is -2.34. The van der Waals surface area contributed by atoms with Crippen molar-refractivity contribution in [1.82, 2.24) is 4.68 Å². The second kappa shape index (κ2) is 8.84. The molecule has 0 saturated carbocycles. The molecule has 2 aromatic carbocycles. The van der Waals surface area contributed by atoms with Gasteiger partial charge in [-0.3, -0.25) is 9.59 Å². The summed E-state index contributed by atoms with van der Waals surface area (Å²) in [5, 5.41) is 34.2. The Hall–Kier alpha value is -3.81. The standard InChI is InChI=1S/C28H25ClN2O10/c1-8-20(29)10-4-9-5-13-16-18(14(9)21(33)15(10)28(36)31(8)30)23(35)19-22(34)17-12(37-2)6-11(32)24(38-3)26(17)41-27(19)25(16)40-7-39-13/h4,11-13,24,32-33,35H,5-7,30H2,1-3H3. The number of nitrogens with zero attached hydrogens (tertiary/aromatic N) is 1. The minimum absolute atomic E-state index is 0.0592. The van der Waals surface area contributed by atoms with Crippen LogP contribution in [0.3, 0.4) is 0 Å². The lowest BCUT2D eigenvalue weighted by atomic mass is 9.79. The highest BCUT2D eigenvalue weighted by molar-refractivity contribution is 6.36. The van der Waals surface area contributed by atoms with Crippen molar-refractivity contribution in [1.29, 1.82) is 0 Å². The smallest absolute Gasteiger partial charge is 0.280 e. The number of methoxy groups -OCH3 is 2. The maximum atomic E-state index is 14.1. The summed E-state index contributed by atoms with van der Waals surface area (Å²) in [6.07, 6.45) is -3.18. The van der Waals surface area contributed by atoms with Gasteiger partial charge in [-0.1, -0.05) is 11.6 Å². The van der Waals surface area contributed by atoms with Gasteiger partial charge in [0.25, 0.3) is 5.56 Å². The summed E-state index contributed by atoms with van der Waals surface area (Å²) in [5.74, 6) is 5.19. The molecule has 0 radical (unpaired) electrons. The zero-order valence-electron chi connectivity index (χ0n) is 22.1. The molecule has 4 aromatic rings. The fraction of sp³-hybridized carbons (Fsp3) is 0.357. The zero-order valence-corrected chi connectivity index (χ0v) is 22.9. The van der Waals surface area contributed by atoms with Gasteiger partial charge in [-0.25, -0.2) is 4.68 Å². The molecule has 0 spiro atoms. The van der Waals surface area contributed by atoms with Gasteiger partial charge < -0.3 is 44.5 Å². The summed E-state index contributed by atoms with van der Waals surface area (Å²) < 4.78 is 29.8. The van der Waals surface area contributed by atoms with Crippen LogP contribution in [0.5, 0.6) is 17.2 Å². The molecule has 0 amide bonds. The van der Waals surface area contributed by atoms with Crippen LogP contribution in [0.25, 0.3) is 32.9 Å². The number of aliphatic hydroxyl groups excluding tert-OH is 1. The molecule has 2 aromatic heterocycles. The van der Waals surface area contributed by atoms with Crippen molar-refractivity contribution in [2.24, 2.45) is 0 Å². The van der Waals surface area contributed by atoms with E-state index in [9.17, 15) is 24.9 Å². The van der Waals surface area contributed by atoms with Crippen molar-refractivity contribution >= 4 is 33.3 Å². The Morgan fingerprint density at radius 1 is 1.10 bits per heavy atom. The average molecular weight is 585 g/mol. The van der Waals surface area contributed by atoms with Crippen LogP contribution in [0.2, 0.25) is 5.02 Å². The van der Waals surface area contributed by atoms with Crippen molar-refractivity contribution in [3.05, 3.63) is 59.8 Å². The van der Waals surface area contributed by atoms with E-state index in [1.165, 1.54) is 14.2 Å². The molecule has 12 nitrogen and oxygen atoms in total. The van der Waals surface area contributed by atoms with E-state index in [1.54, 1.807) is 13.0 Å². The van der Waals surface area contributed by atoms with E-state index in [4.69, 9.17) is 40.8 Å². The second-order valence-corrected chi connectivity index (χ2v) is 10.8. The molecule has 5 N–H and O–H groups in total. The SMILES string of the molecule is COC1CC(O)C(OC)c2oc3c4c5c(c(O)c3c(=O)c21)-c1c(cc2c(Cl)c(C)n(N)c(=O)c2c1O)CC5OCO4. The molecule has 0 saturated heterocycles. The molecular formula is C28H25ClN2O10. The van der Waals surface area contributed by atoms with Gasteiger partial charge in [0.15, 0.2) is 18.1 Å². The van der Waals surface area contributed by atoms with E-state index in [1.807, 2.05) is 0 Å². The van der Waals surface area contributed by atoms with Gasteiger partial charge in [0.1, 0.15) is 28.7 Å². The third-order valence-corrected chi connectivity index (χ3v) is 8.95. The first-order valence-corrected chi connectivity index (χ1v) is 13.2. The first kappa shape index (κ1) is 26.1. The van der Waals surface area contributed by atoms with Crippen LogP contribution in [0, 0.1) is 6.92 Å². The Balaban J connectivity index is 1.65. The van der Waals surface area contributed by atoms with E-state index in [0.717, 1.165) is 4.68 Å². The number of aliphatic hydroxyl groups is 1. The van der Waals surface area contributed by atoms with E-state index in [-0.39, 0.29) is 69.2 Å². The summed E-state index contributed by atoms with van der Waals surface area (Å²) in [7, 11) is 2.78. The van der Waals surface area contributed by atoms with Gasteiger partial charge in [-0.15, -0.1) is 0 Å². The zero-order chi connectivity index (χ0) is 29.1. The van der Waals surface area contributed by atoms with Crippen LogP contribution in [0.1, 0.15) is 52.9 Å². The van der Waals surface area contributed by atoms with Crippen LogP contribution in [0.15, 0.2) is 20.1 Å². The Labute approximate surface area is 235 Å².